The third-order valence-electron chi connectivity index (χ3n) is 3.07. The molecule has 0 aliphatic heterocycles. The van der Waals surface area contributed by atoms with Gasteiger partial charge in [0.1, 0.15) is 0 Å². The molecule has 1 aromatic carbocycles. The molecule has 0 saturated carbocycles. The van der Waals surface area contributed by atoms with Crippen molar-refractivity contribution in [2.24, 2.45) is 0 Å². The van der Waals surface area contributed by atoms with Gasteiger partial charge in [-0.3, -0.25) is 0 Å². The molecule has 0 aliphatic carbocycles. The lowest BCUT2D eigenvalue weighted by Gasteiger charge is -2.30. The normalized spacial score (nSPS) is 12.7. The van der Waals surface area contributed by atoms with Gasteiger partial charge in [-0.1, -0.05) is 35.8 Å². The summed E-state index contributed by atoms with van der Waals surface area (Å²) in [5, 5.41) is 0. The van der Waals surface area contributed by atoms with Crippen LogP contribution in [0, 0.1) is 0 Å². The second kappa shape index (κ2) is 7.39. The maximum Gasteiger partial charge on any atom is 0.378 e. The second-order valence-electron chi connectivity index (χ2n) is 5.06. The van der Waals surface area contributed by atoms with E-state index in [0.717, 1.165) is 16.5 Å². The second-order valence-corrected chi connectivity index (χ2v) is 6.16. The summed E-state index contributed by atoms with van der Waals surface area (Å²) in [6.07, 6.45) is 0. The van der Waals surface area contributed by atoms with Crippen molar-refractivity contribution in [3.8, 4) is 0 Å². The first-order chi connectivity index (χ1) is 8.86. The van der Waals surface area contributed by atoms with Crippen molar-refractivity contribution >= 4 is 40.9 Å². The van der Waals surface area contributed by atoms with Gasteiger partial charge in [0, 0.05) is 0 Å². The average molecular weight is 297 g/mol. The number of allylic oxidation sites excluding steroid dienone is 1. The molecule has 0 atom stereocenters. The maximum atomic E-state index is 6.10. The van der Waals surface area contributed by atoms with Crippen LogP contribution in [0.1, 0.15) is 12.5 Å². The van der Waals surface area contributed by atoms with Crippen molar-refractivity contribution in [2.45, 2.75) is 6.92 Å². The van der Waals surface area contributed by atoms with Crippen molar-refractivity contribution in [1.29, 1.82) is 0 Å². The first-order valence-corrected chi connectivity index (χ1v) is 7.10. The lowest BCUT2D eigenvalue weighted by Crippen LogP contribution is -2.47. The highest BCUT2D eigenvalue weighted by molar-refractivity contribution is 7.37. The predicted molar refractivity (Wildman–Crippen MR) is 89.6 cm³/mol. The summed E-state index contributed by atoms with van der Waals surface area (Å²) in [6, 6.07) is 10.3. The van der Waals surface area contributed by atoms with Gasteiger partial charge in [0.25, 0.3) is 0 Å². The minimum atomic E-state index is -0.502. The molecule has 0 unspecified atom stereocenters. The number of benzene rings is 1. The van der Waals surface area contributed by atoms with Crippen LogP contribution in [0.3, 0.4) is 0 Å². The molecular weight excluding hydrogens is 277 g/mol. The molecule has 102 valence electrons. The van der Waals surface area contributed by atoms with Crippen molar-refractivity contribution < 1.29 is 0 Å². The van der Waals surface area contributed by atoms with Crippen molar-refractivity contribution in [3.05, 3.63) is 41.4 Å². The van der Waals surface area contributed by atoms with Gasteiger partial charge in [-0.05, 0) is 46.2 Å². The summed E-state index contributed by atoms with van der Waals surface area (Å²) in [5.41, 5.74) is 2.80. The van der Waals surface area contributed by atoms with Gasteiger partial charge in [0.15, 0.2) is 0 Å². The van der Waals surface area contributed by atoms with E-state index >= 15 is 0 Å². The van der Waals surface area contributed by atoms with E-state index in [1.54, 1.807) is 0 Å². The minimum Gasteiger partial charge on any atom is -0.330 e. The summed E-state index contributed by atoms with van der Waals surface area (Å²) in [7, 11) is 8.22. The molecule has 1 aromatic rings. The van der Waals surface area contributed by atoms with Gasteiger partial charge < -0.3 is 9.62 Å². The van der Waals surface area contributed by atoms with E-state index in [4.69, 9.17) is 22.9 Å². The van der Waals surface area contributed by atoms with Crippen LogP contribution in [0.2, 0.25) is 0 Å². The summed E-state index contributed by atoms with van der Waals surface area (Å²) >= 11 is 12.2. The Kier molecular flexibility index (Phi) is 6.48. The fourth-order valence-electron chi connectivity index (χ4n) is 2.29. The van der Waals surface area contributed by atoms with E-state index in [-0.39, 0.29) is 6.98 Å². The zero-order chi connectivity index (χ0) is 14.6. The number of halogens is 2. The molecule has 0 spiro atoms. The molecule has 6 heteroatoms. The number of hydrogen-bond donors (Lipinski definition) is 0. The Balaban J connectivity index is 3.40. The van der Waals surface area contributed by atoms with Gasteiger partial charge in [-0.2, -0.15) is 22.9 Å². The third kappa shape index (κ3) is 4.28. The highest BCUT2D eigenvalue weighted by Gasteiger charge is 2.30. The zero-order valence-corrected chi connectivity index (χ0v) is 13.7. The van der Waals surface area contributed by atoms with Crippen LogP contribution in [0.4, 0.5) is 0 Å². The molecule has 19 heavy (non-hydrogen) atoms. The molecule has 0 aromatic heterocycles. The first-order valence-electron chi connectivity index (χ1n) is 6.23. The zero-order valence-electron chi connectivity index (χ0n) is 12.2. The van der Waals surface area contributed by atoms with Crippen LogP contribution >= 0.6 is 22.9 Å². The highest BCUT2D eigenvalue weighted by atomic mass is 35.5. The molecule has 2 nitrogen and oxygen atoms in total. The smallest absolute Gasteiger partial charge is 0.330 e. The monoisotopic (exact) mass is 296 g/mol. The van der Waals surface area contributed by atoms with Gasteiger partial charge in [0.2, 0.25) is 0 Å². The Labute approximate surface area is 127 Å². The fourth-order valence-corrected chi connectivity index (χ4v) is 2.53. The Bertz CT molecular complexity index is 426. The average Bonchev–Trinajstić information content (AvgIpc) is 2.34. The Morgan fingerprint density at radius 3 is 1.79 bits per heavy atom. The van der Waals surface area contributed by atoms with E-state index in [0.29, 0.717) is 0 Å². The molecule has 1 rings (SSSR count). The van der Waals surface area contributed by atoms with E-state index in [1.165, 1.54) is 0 Å². The number of nitrogens with zero attached hydrogens (tertiary/aromatic N) is 2. The van der Waals surface area contributed by atoms with Gasteiger partial charge in [-0.15, -0.1) is 0 Å². The Morgan fingerprint density at radius 2 is 1.42 bits per heavy atom. The standard InChI is InChI=1S/C13H20B2Cl2N2/c1-11(14(16)17)13(12-9-7-6-8-10-12)15(18(2)3)19(4)5/h6-10H,1-5H3/b13-11-. The molecular formula is C13H20B2Cl2N2. The van der Waals surface area contributed by atoms with Gasteiger partial charge in [-0.25, -0.2) is 0 Å². The fraction of sp³-hybridized carbons (Fsp3) is 0.385. The van der Waals surface area contributed by atoms with E-state index in [1.807, 2.05) is 25.1 Å². The van der Waals surface area contributed by atoms with Crippen LogP contribution in [0.15, 0.2) is 35.8 Å². The molecule has 0 amide bonds. The van der Waals surface area contributed by atoms with E-state index < -0.39 is 5.54 Å². The van der Waals surface area contributed by atoms with Crippen LogP contribution in [0.25, 0.3) is 5.47 Å². The number of rotatable bonds is 5. The molecule has 0 radical (unpaired) electrons. The van der Waals surface area contributed by atoms with Crippen LogP contribution < -0.4 is 0 Å². The topological polar surface area (TPSA) is 6.48 Å². The summed E-state index contributed by atoms with van der Waals surface area (Å²) in [4.78, 5) is 4.31. The predicted octanol–water partition coefficient (Wildman–Crippen LogP) is 3.12. The number of hydrogen-bond acceptors (Lipinski definition) is 2. The molecule has 0 fully saturated rings. The summed E-state index contributed by atoms with van der Waals surface area (Å²) < 4.78 is 0. The van der Waals surface area contributed by atoms with Crippen LogP contribution in [0.5, 0.6) is 0 Å². The maximum absolute atomic E-state index is 6.10. The van der Waals surface area contributed by atoms with Crippen molar-refractivity contribution in [3.63, 3.8) is 0 Å². The van der Waals surface area contributed by atoms with Crippen LogP contribution in [-0.4, -0.2) is 50.3 Å². The Morgan fingerprint density at radius 1 is 0.947 bits per heavy atom. The first kappa shape index (κ1) is 16.6. The SMILES string of the molecule is C/C(B(Cl)Cl)=C(/B(N(C)C)N(C)C)c1ccccc1. The Hall–Kier alpha value is -0.410. The van der Waals surface area contributed by atoms with Crippen molar-refractivity contribution in [1.82, 2.24) is 9.62 Å². The van der Waals surface area contributed by atoms with E-state index in [2.05, 4.69) is 49.9 Å². The van der Waals surface area contributed by atoms with Crippen molar-refractivity contribution in [2.75, 3.05) is 28.2 Å². The minimum absolute atomic E-state index is 0.127. The largest absolute Gasteiger partial charge is 0.378 e. The van der Waals surface area contributed by atoms with Crippen LogP contribution in [-0.2, 0) is 0 Å². The quantitative estimate of drug-likeness (QED) is 0.770. The molecule has 0 aliphatic rings. The molecule has 0 N–H and O–H groups in total. The lowest BCUT2D eigenvalue weighted by molar-refractivity contribution is 0.532. The molecule has 0 heterocycles. The van der Waals surface area contributed by atoms with E-state index in [9.17, 15) is 0 Å². The third-order valence-corrected chi connectivity index (χ3v) is 3.73. The highest BCUT2D eigenvalue weighted by Crippen LogP contribution is 2.27. The molecule has 0 bridgehead atoms. The van der Waals surface area contributed by atoms with Gasteiger partial charge >= 0.3 is 12.5 Å². The summed E-state index contributed by atoms with van der Waals surface area (Å²) in [6.45, 7) is 2.12. The lowest BCUT2D eigenvalue weighted by atomic mass is 9.57. The molecule has 0 saturated heterocycles. The summed E-state index contributed by atoms with van der Waals surface area (Å²) in [5.74, 6) is 0. The van der Waals surface area contributed by atoms with Gasteiger partial charge in [0.05, 0.1) is 0 Å².